The molecular formula is C21H25FN4O3S. The van der Waals surface area contributed by atoms with Crippen molar-refractivity contribution in [2.24, 2.45) is 5.92 Å². The van der Waals surface area contributed by atoms with Gasteiger partial charge in [-0.1, -0.05) is 0 Å². The predicted molar refractivity (Wildman–Crippen MR) is 112 cm³/mol. The van der Waals surface area contributed by atoms with Crippen LogP contribution in [0, 0.1) is 11.7 Å². The summed E-state index contributed by atoms with van der Waals surface area (Å²) in [7, 11) is 0. The predicted octanol–water partition coefficient (Wildman–Crippen LogP) is 3.17. The Kier molecular flexibility index (Phi) is 6.59. The maximum atomic E-state index is 13.0. The molecule has 0 bridgehead atoms. The summed E-state index contributed by atoms with van der Waals surface area (Å²) in [6.07, 6.45) is 3.69. The van der Waals surface area contributed by atoms with Crippen molar-refractivity contribution >= 4 is 34.0 Å². The van der Waals surface area contributed by atoms with Gasteiger partial charge >= 0.3 is 0 Å². The molecule has 2 N–H and O–H groups in total. The molecule has 2 aliphatic rings. The first-order chi connectivity index (χ1) is 14.6. The second kappa shape index (κ2) is 9.53. The number of aromatic nitrogens is 1. The molecule has 2 fully saturated rings. The van der Waals surface area contributed by atoms with Crippen molar-refractivity contribution in [3.8, 4) is 0 Å². The van der Waals surface area contributed by atoms with E-state index in [4.69, 9.17) is 4.74 Å². The minimum atomic E-state index is -0.310. The number of likely N-dealkylation sites (tertiary alicyclic amines) is 1. The summed E-state index contributed by atoms with van der Waals surface area (Å²) in [5, 5.41) is 8.32. The molecular weight excluding hydrogens is 407 g/mol. The molecule has 0 radical (unpaired) electrons. The number of ether oxygens (including phenoxy) is 1. The van der Waals surface area contributed by atoms with E-state index in [0.29, 0.717) is 36.1 Å². The van der Waals surface area contributed by atoms with Crippen LogP contribution in [0.2, 0.25) is 0 Å². The van der Waals surface area contributed by atoms with Crippen molar-refractivity contribution in [3.63, 3.8) is 0 Å². The SMILES string of the molecule is O=C(NCC1CCCO1)C1CCCN(C(=O)c2csc(Nc3ccc(F)cc3)n2)C1. The van der Waals surface area contributed by atoms with Gasteiger partial charge in [0.05, 0.1) is 12.0 Å². The van der Waals surface area contributed by atoms with Gasteiger partial charge in [-0.2, -0.15) is 0 Å². The molecule has 2 aromatic rings. The fraction of sp³-hybridized carbons (Fsp3) is 0.476. The molecule has 30 heavy (non-hydrogen) atoms. The third-order valence-corrected chi connectivity index (χ3v) is 6.18. The molecule has 1 aromatic carbocycles. The number of rotatable bonds is 6. The van der Waals surface area contributed by atoms with E-state index in [0.717, 1.165) is 32.3 Å². The van der Waals surface area contributed by atoms with E-state index in [2.05, 4.69) is 15.6 Å². The number of carbonyl (C=O) groups excluding carboxylic acids is 2. The third-order valence-electron chi connectivity index (χ3n) is 5.43. The maximum Gasteiger partial charge on any atom is 0.273 e. The Morgan fingerprint density at radius 2 is 2.07 bits per heavy atom. The van der Waals surface area contributed by atoms with Gasteiger partial charge in [0.15, 0.2) is 5.13 Å². The van der Waals surface area contributed by atoms with Crippen molar-refractivity contribution in [2.75, 3.05) is 31.6 Å². The zero-order valence-electron chi connectivity index (χ0n) is 16.6. The number of piperidine rings is 1. The highest BCUT2D eigenvalue weighted by molar-refractivity contribution is 7.14. The minimum Gasteiger partial charge on any atom is -0.376 e. The van der Waals surface area contributed by atoms with Gasteiger partial charge in [0.1, 0.15) is 11.5 Å². The van der Waals surface area contributed by atoms with E-state index in [-0.39, 0.29) is 29.7 Å². The number of nitrogens with one attached hydrogen (secondary N) is 2. The lowest BCUT2D eigenvalue weighted by Gasteiger charge is -2.31. The van der Waals surface area contributed by atoms with Crippen molar-refractivity contribution in [1.29, 1.82) is 0 Å². The zero-order chi connectivity index (χ0) is 20.9. The highest BCUT2D eigenvalue weighted by atomic mass is 32.1. The Bertz CT molecular complexity index is 883. The van der Waals surface area contributed by atoms with Gasteiger partial charge in [-0.25, -0.2) is 9.37 Å². The van der Waals surface area contributed by atoms with E-state index in [1.807, 2.05) is 0 Å². The summed E-state index contributed by atoms with van der Waals surface area (Å²) in [5.41, 5.74) is 1.05. The molecule has 0 saturated carbocycles. The van der Waals surface area contributed by atoms with Gasteiger partial charge in [0.2, 0.25) is 5.91 Å². The average Bonchev–Trinajstić information content (AvgIpc) is 3.45. The van der Waals surface area contributed by atoms with Gasteiger partial charge in [0, 0.05) is 37.3 Å². The van der Waals surface area contributed by atoms with Crippen LogP contribution in [0.3, 0.4) is 0 Å². The first-order valence-electron chi connectivity index (χ1n) is 10.2. The Balaban J connectivity index is 1.32. The Morgan fingerprint density at radius 3 is 2.83 bits per heavy atom. The molecule has 3 heterocycles. The van der Waals surface area contributed by atoms with Crippen LogP contribution in [0.1, 0.15) is 36.2 Å². The van der Waals surface area contributed by atoms with Crippen LogP contribution in [0.5, 0.6) is 0 Å². The largest absolute Gasteiger partial charge is 0.376 e. The Morgan fingerprint density at radius 1 is 1.23 bits per heavy atom. The second-order valence-corrected chi connectivity index (χ2v) is 8.50. The highest BCUT2D eigenvalue weighted by Gasteiger charge is 2.30. The molecule has 2 aliphatic heterocycles. The molecule has 2 atom stereocenters. The van der Waals surface area contributed by atoms with Crippen LogP contribution in [0.25, 0.3) is 0 Å². The fourth-order valence-electron chi connectivity index (χ4n) is 3.79. The zero-order valence-corrected chi connectivity index (χ0v) is 17.4. The topological polar surface area (TPSA) is 83.6 Å². The second-order valence-electron chi connectivity index (χ2n) is 7.64. The average molecular weight is 433 g/mol. The smallest absolute Gasteiger partial charge is 0.273 e. The minimum absolute atomic E-state index is 0.0139. The number of nitrogens with zero attached hydrogens (tertiary/aromatic N) is 2. The van der Waals surface area contributed by atoms with Crippen LogP contribution >= 0.6 is 11.3 Å². The van der Waals surface area contributed by atoms with Crippen LogP contribution in [0.15, 0.2) is 29.6 Å². The number of halogens is 1. The van der Waals surface area contributed by atoms with Gasteiger partial charge < -0.3 is 20.3 Å². The lowest BCUT2D eigenvalue weighted by atomic mass is 9.97. The van der Waals surface area contributed by atoms with Crippen LogP contribution in [-0.4, -0.2) is 54.0 Å². The molecule has 2 amide bonds. The summed E-state index contributed by atoms with van der Waals surface area (Å²) < 4.78 is 18.6. The highest BCUT2D eigenvalue weighted by Crippen LogP contribution is 2.24. The molecule has 0 aliphatic carbocycles. The summed E-state index contributed by atoms with van der Waals surface area (Å²) in [4.78, 5) is 31.5. The third kappa shape index (κ3) is 5.14. The maximum absolute atomic E-state index is 13.0. The van der Waals surface area contributed by atoms with Crippen LogP contribution in [0.4, 0.5) is 15.2 Å². The molecule has 2 saturated heterocycles. The lowest BCUT2D eigenvalue weighted by molar-refractivity contribution is -0.126. The summed E-state index contributed by atoms with van der Waals surface area (Å²) >= 11 is 1.31. The van der Waals surface area contributed by atoms with Crippen molar-refractivity contribution in [2.45, 2.75) is 31.8 Å². The molecule has 160 valence electrons. The molecule has 1 aromatic heterocycles. The first kappa shape index (κ1) is 20.7. The number of hydrogen-bond acceptors (Lipinski definition) is 6. The normalized spacial score (nSPS) is 21.4. The number of hydrogen-bond donors (Lipinski definition) is 2. The van der Waals surface area contributed by atoms with Crippen LogP contribution < -0.4 is 10.6 Å². The Hall–Kier alpha value is -2.52. The van der Waals surface area contributed by atoms with E-state index in [1.165, 1.54) is 23.5 Å². The summed E-state index contributed by atoms with van der Waals surface area (Å²) in [6, 6.07) is 5.95. The number of benzene rings is 1. The monoisotopic (exact) mass is 432 g/mol. The molecule has 4 rings (SSSR count). The molecule has 7 nitrogen and oxygen atoms in total. The molecule has 0 spiro atoms. The van der Waals surface area contributed by atoms with Crippen molar-refractivity contribution in [1.82, 2.24) is 15.2 Å². The van der Waals surface area contributed by atoms with E-state index in [9.17, 15) is 14.0 Å². The quantitative estimate of drug-likeness (QED) is 0.733. The summed E-state index contributed by atoms with van der Waals surface area (Å²) in [5.74, 6) is -0.704. The van der Waals surface area contributed by atoms with E-state index >= 15 is 0 Å². The number of amides is 2. The Labute approximate surface area is 178 Å². The van der Waals surface area contributed by atoms with Crippen molar-refractivity contribution < 1.29 is 18.7 Å². The molecule has 9 heteroatoms. The fourth-order valence-corrected chi connectivity index (χ4v) is 4.49. The molecule has 2 unspecified atom stereocenters. The number of anilines is 2. The van der Waals surface area contributed by atoms with E-state index < -0.39 is 0 Å². The number of thiazole rings is 1. The van der Waals surface area contributed by atoms with Gasteiger partial charge in [-0.05, 0) is 49.9 Å². The van der Waals surface area contributed by atoms with Crippen molar-refractivity contribution in [3.05, 3.63) is 41.2 Å². The van der Waals surface area contributed by atoms with Gasteiger partial charge in [-0.15, -0.1) is 11.3 Å². The standard InChI is InChI=1S/C21H25FN4O3S/c22-15-5-7-16(8-6-15)24-21-25-18(13-30-21)20(28)26-9-1-3-14(12-26)19(27)23-11-17-4-2-10-29-17/h5-8,13-14,17H,1-4,9-12H2,(H,23,27)(H,24,25). The number of carbonyl (C=O) groups is 2. The van der Waals surface area contributed by atoms with Gasteiger partial charge in [0.25, 0.3) is 5.91 Å². The first-order valence-corrected chi connectivity index (χ1v) is 11.1. The van der Waals surface area contributed by atoms with Gasteiger partial charge in [-0.3, -0.25) is 9.59 Å². The van der Waals surface area contributed by atoms with Crippen LogP contribution in [-0.2, 0) is 9.53 Å². The summed E-state index contributed by atoms with van der Waals surface area (Å²) in [6.45, 7) is 2.31. The van der Waals surface area contributed by atoms with E-state index in [1.54, 1.807) is 22.4 Å². The lowest BCUT2D eigenvalue weighted by Crippen LogP contribution is -2.46.